The Kier molecular flexibility index (Phi) is 7.56. The SMILES string of the molecule is CCCCCCCC(=O)NCc1cccc(-c2ncc(-c3ccc(F)cc3)[nH]2)c1. The molecule has 1 heterocycles. The van der Waals surface area contributed by atoms with Crippen LogP contribution in [-0.2, 0) is 11.3 Å². The molecule has 1 aromatic heterocycles. The predicted molar refractivity (Wildman–Crippen MR) is 115 cm³/mol. The van der Waals surface area contributed by atoms with Gasteiger partial charge < -0.3 is 10.3 Å². The van der Waals surface area contributed by atoms with Gasteiger partial charge in [0.25, 0.3) is 0 Å². The van der Waals surface area contributed by atoms with Crippen molar-refractivity contribution in [2.24, 2.45) is 0 Å². The minimum absolute atomic E-state index is 0.100. The van der Waals surface area contributed by atoms with Crippen LogP contribution in [0, 0.1) is 5.82 Å². The maximum atomic E-state index is 13.1. The number of rotatable bonds is 10. The molecule has 5 heteroatoms. The second-order valence-corrected chi connectivity index (χ2v) is 7.29. The average molecular weight is 394 g/mol. The zero-order valence-electron chi connectivity index (χ0n) is 16.9. The third-order valence-electron chi connectivity index (χ3n) is 4.93. The van der Waals surface area contributed by atoms with Gasteiger partial charge in [0.2, 0.25) is 5.91 Å². The van der Waals surface area contributed by atoms with Crippen LogP contribution in [0.4, 0.5) is 4.39 Å². The van der Waals surface area contributed by atoms with Gasteiger partial charge in [-0.1, -0.05) is 50.8 Å². The molecule has 0 aliphatic heterocycles. The summed E-state index contributed by atoms with van der Waals surface area (Å²) in [5.41, 5.74) is 3.69. The lowest BCUT2D eigenvalue weighted by Crippen LogP contribution is -2.22. The molecule has 0 fully saturated rings. The summed E-state index contributed by atoms with van der Waals surface area (Å²) in [6.45, 7) is 2.69. The van der Waals surface area contributed by atoms with Crippen LogP contribution < -0.4 is 5.32 Å². The van der Waals surface area contributed by atoms with Gasteiger partial charge in [0, 0.05) is 18.5 Å². The summed E-state index contributed by atoms with van der Waals surface area (Å²) < 4.78 is 13.1. The van der Waals surface area contributed by atoms with E-state index in [1.807, 2.05) is 24.3 Å². The number of unbranched alkanes of at least 4 members (excludes halogenated alkanes) is 4. The minimum atomic E-state index is -0.260. The van der Waals surface area contributed by atoms with Crippen molar-refractivity contribution in [3.63, 3.8) is 0 Å². The maximum Gasteiger partial charge on any atom is 0.220 e. The molecule has 0 saturated heterocycles. The summed E-state index contributed by atoms with van der Waals surface area (Å²) in [5.74, 6) is 0.584. The molecule has 29 heavy (non-hydrogen) atoms. The molecule has 0 aliphatic rings. The molecule has 152 valence electrons. The van der Waals surface area contributed by atoms with E-state index in [-0.39, 0.29) is 11.7 Å². The van der Waals surface area contributed by atoms with E-state index >= 15 is 0 Å². The number of imidazole rings is 1. The lowest BCUT2D eigenvalue weighted by Gasteiger charge is -2.07. The van der Waals surface area contributed by atoms with Crippen LogP contribution in [-0.4, -0.2) is 15.9 Å². The standard InChI is InChI=1S/C24H28FN3O/c1-2-3-4-5-6-10-23(29)26-16-18-8-7-9-20(15-18)24-27-17-22(28-24)19-11-13-21(25)14-12-19/h7-9,11-15,17H,2-6,10,16H2,1H3,(H,26,29)(H,27,28). The Bertz CT molecular complexity index is 918. The van der Waals surface area contributed by atoms with Crippen LogP contribution in [0.15, 0.2) is 54.7 Å². The third kappa shape index (κ3) is 6.28. The molecule has 0 spiro atoms. The van der Waals surface area contributed by atoms with Crippen molar-refractivity contribution in [2.45, 2.75) is 52.0 Å². The molecule has 0 aliphatic carbocycles. The van der Waals surface area contributed by atoms with Crippen molar-refractivity contribution in [3.8, 4) is 22.6 Å². The molecule has 3 rings (SSSR count). The lowest BCUT2D eigenvalue weighted by atomic mass is 10.1. The van der Waals surface area contributed by atoms with Crippen molar-refractivity contribution in [1.82, 2.24) is 15.3 Å². The molecule has 0 radical (unpaired) electrons. The second kappa shape index (κ2) is 10.6. The molecule has 2 aromatic carbocycles. The minimum Gasteiger partial charge on any atom is -0.352 e. The second-order valence-electron chi connectivity index (χ2n) is 7.29. The first kappa shape index (κ1) is 20.8. The third-order valence-corrected chi connectivity index (χ3v) is 4.93. The smallest absolute Gasteiger partial charge is 0.220 e. The number of carbonyl (C=O) groups excluding carboxylic acids is 1. The fraction of sp³-hybridized carbons (Fsp3) is 0.333. The van der Waals surface area contributed by atoms with E-state index in [4.69, 9.17) is 0 Å². The van der Waals surface area contributed by atoms with E-state index in [2.05, 4.69) is 22.2 Å². The Morgan fingerprint density at radius 1 is 1.03 bits per heavy atom. The Morgan fingerprint density at radius 2 is 1.83 bits per heavy atom. The number of amides is 1. The highest BCUT2D eigenvalue weighted by molar-refractivity contribution is 5.75. The van der Waals surface area contributed by atoms with E-state index in [1.54, 1.807) is 18.3 Å². The number of benzene rings is 2. The first-order valence-corrected chi connectivity index (χ1v) is 10.3. The summed E-state index contributed by atoms with van der Waals surface area (Å²) in [7, 11) is 0. The maximum absolute atomic E-state index is 13.1. The van der Waals surface area contributed by atoms with Crippen molar-refractivity contribution < 1.29 is 9.18 Å². The van der Waals surface area contributed by atoms with Gasteiger partial charge in [0.15, 0.2) is 0 Å². The number of nitrogens with zero attached hydrogens (tertiary/aromatic N) is 1. The zero-order valence-corrected chi connectivity index (χ0v) is 16.9. The Labute approximate surface area is 171 Å². The number of carbonyl (C=O) groups is 1. The summed E-state index contributed by atoms with van der Waals surface area (Å²) in [6.07, 6.45) is 8.05. The largest absolute Gasteiger partial charge is 0.352 e. The molecule has 2 N–H and O–H groups in total. The van der Waals surface area contributed by atoms with Crippen LogP contribution in [0.2, 0.25) is 0 Å². The molecular formula is C24H28FN3O. The van der Waals surface area contributed by atoms with E-state index in [0.717, 1.165) is 41.1 Å². The quantitative estimate of drug-likeness (QED) is 0.424. The average Bonchev–Trinajstić information content (AvgIpc) is 3.23. The highest BCUT2D eigenvalue weighted by Gasteiger charge is 2.07. The van der Waals surface area contributed by atoms with Gasteiger partial charge in [0.05, 0.1) is 11.9 Å². The van der Waals surface area contributed by atoms with E-state index in [9.17, 15) is 9.18 Å². The van der Waals surface area contributed by atoms with Gasteiger partial charge >= 0.3 is 0 Å². The molecule has 0 unspecified atom stereocenters. The summed E-state index contributed by atoms with van der Waals surface area (Å²) in [6, 6.07) is 14.3. The number of halogens is 1. The molecule has 4 nitrogen and oxygen atoms in total. The van der Waals surface area contributed by atoms with Crippen molar-refractivity contribution in [3.05, 3.63) is 66.1 Å². The van der Waals surface area contributed by atoms with Gasteiger partial charge in [-0.3, -0.25) is 4.79 Å². The van der Waals surface area contributed by atoms with Gasteiger partial charge in [-0.2, -0.15) is 0 Å². The monoisotopic (exact) mass is 393 g/mol. The summed E-state index contributed by atoms with van der Waals surface area (Å²) in [5, 5.41) is 3.00. The zero-order chi connectivity index (χ0) is 20.5. The Hall–Kier alpha value is -2.95. The highest BCUT2D eigenvalue weighted by Crippen LogP contribution is 2.23. The van der Waals surface area contributed by atoms with E-state index in [0.29, 0.717) is 13.0 Å². The molecule has 0 saturated carbocycles. The molecular weight excluding hydrogens is 365 g/mol. The number of aromatic nitrogens is 2. The predicted octanol–water partition coefficient (Wildman–Crippen LogP) is 5.86. The Balaban J connectivity index is 1.56. The van der Waals surface area contributed by atoms with Crippen molar-refractivity contribution in [1.29, 1.82) is 0 Å². The first-order chi connectivity index (χ1) is 14.2. The molecule has 3 aromatic rings. The number of nitrogens with one attached hydrogen (secondary N) is 2. The number of aromatic amines is 1. The first-order valence-electron chi connectivity index (χ1n) is 10.3. The Morgan fingerprint density at radius 3 is 2.62 bits per heavy atom. The summed E-state index contributed by atoms with van der Waals surface area (Å²) >= 11 is 0. The molecule has 0 atom stereocenters. The van der Waals surface area contributed by atoms with Gasteiger partial charge in [-0.05, 0) is 47.9 Å². The fourth-order valence-electron chi connectivity index (χ4n) is 3.25. The van der Waals surface area contributed by atoms with Crippen molar-refractivity contribution in [2.75, 3.05) is 0 Å². The number of hydrogen-bond acceptors (Lipinski definition) is 2. The van der Waals surface area contributed by atoms with E-state index < -0.39 is 0 Å². The van der Waals surface area contributed by atoms with Crippen molar-refractivity contribution >= 4 is 5.91 Å². The van der Waals surface area contributed by atoms with Gasteiger partial charge in [0.1, 0.15) is 11.6 Å². The summed E-state index contributed by atoms with van der Waals surface area (Å²) in [4.78, 5) is 19.8. The van der Waals surface area contributed by atoms with Crippen LogP contribution >= 0.6 is 0 Å². The van der Waals surface area contributed by atoms with Crippen LogP contribution in [0.5, 0.6) is 0 Å². The fourth-order valence-corrected chi connectivity index (χ4v) is 3.25. The number of H-pyrrole nitrogens is 1. The topological polar surface area (TPSA) is 57.8 Å². The van der Waals surface area contributed by atoms with E-state index in [1.165, 1.54) is 31.4 Å². The highest BCUT2D eigenvalue weighted by atomic mass is 19.1. The van der Waals surface area contributed by atoms with Crippen LogP contribution in [0.3, 0.4) is 0 Å². The van der Waals surface area contributed by atoms with Crippen LogP contribution in [0.1, 0.15) is 51.0 Å². The lowest BCUT2D eigenvalue weighted by molar-refractivity contribution is -0.121. The normalized spacial score (nSPS) is 10.8. The molecule has 0 bridgehead atoms. The molecule has 1 amide bonds. The van der Waals surface area contributed by atoms with Gasteiger partial charge in [-0.15, -0.1) is 0 Å². The number of hydrogen-bond donors (Lipinski definition) is 2. The van der Waals surface area contributed by atoms with Crippen LogP contribution in [0.25, 0.3) is 22.6 Å². The van der Waals surface area contributed by atoms with Gasteiger partial charge in [-0.25, -0.2) is 9.37 Å².